The van der Waals surface area contributed by atoms with E-state index in [2.05, 4.69) is 18.3 Å². The average Bonchev–Trinajstić information content (AvgIpc) is 2.92. The Kier molecular flexibility index (Phi) is 3.99. The van der Waals surface area contributed by atoms with Crippen molar-refractivity contribution >= 4 is 23.0 Å². The molecule has 4 heteroatoms. The summed E-state index contributed by atoms with van der Waals surface area (Å²) in [5.41, 5.74) is 1.36. The van der Waals surface area contributed by atoms with Gasteiger partial charge in [-0.1, -0.05) is 18.2 Å². The number of hydrogen-bond acceptors (Lipinski definition) is 4. The van der Waals surface area contributed by atoms with Crippen molar-refractivity contribution in [3.05, 3.63) is 52.2 Å². The number of para-hydroxylation sites is 1. The van der Waals surface area contributed by atoms with Crippen molar-refractivity contribution in [3.63, 3.8) is 0 Å². The Morgan fingerprint density at radius 1 is 1.28 bits per heavy atom. The van der Waals surface area contributed by atoms with Crippen LogP contribution in [-0.2, 0) is 4.74 Å². The van der Waals surface area contributed by atoms with Crippen molar-refractivity contribution in [2.75, 3.05) is 12.4 Å². The molecule has 1 aromatic heterocycles. The molecule has 1 aromatic carbocycles. The molecule has 0 amide bonds. The summed E-state index contributed by atoms with van der Waals surface area (Å²) in [5, 5.41) is 5.38. The molecule has 0 spiro atoms. The van der Waals surface area contributed by atoms with Gasteiger partial charge in [0.25, 0.3) is 0 Å². The van der Waals surface area contributed by atoms with Crippen molar-refractivity contribution in [2.24, 2.45) is 0 Å². The number of benzene rings is 1. The number of nitrogens with one attached hydrogen (secondary N) is 1. The average molecular weight is 261 g/mol. The zero-order valence-electron chi connectivity index (χ0n) is 10.3. The van der Waals surface area contributed by atoms with Gasteiger partial charge in [-0.25, -0.2) is 4.79 Å². The fourth-order valence-corrected chi connectivity index (χ4v) is 2.47. The molecule has 1 atom stereocenters. The number of hydrogen-bond donors (Lipinski definition) is 1. The number of anilines is 1. The molecule has 0 saturated carbocycles. The van der Waals surface area contributed by atoms with Gasteiger partial charge in [0.2, 0.25) is 0 Å². The summed E-state index contributed by atoms with van der Waals surface area (Å²) in [6.45, 7) is 2.07. The zero-order chi connectivity index (χ0) is 13.0. The summed E-state index contributed by atoms with van der Waals surface area (Å²) >= 11 is 1.69. The normalized spacial score (nSPS) is 11.9. The minimum absolute atomic E-state index is 0.163. The first-order valence-corrected chi connectivity index (χ1v) is 6.57. The second-order valence-corrected chi connectivity index (χ2v) is 4.90. The SMILES string of the molecule is COC(=O)c1ccccc1NC(C)c1cccs1. The number of ether oxygens (including phenoxy) is 1. The van der Waals surface area contributed by atoms with E-state index in [-0.39, 0.29) is 12.0 Å². The minimum Gasteiger partial charge on any atom is -0.465 e. The van der Waals surface area contributed by atoms with Gasteiger partial charge in [-0.15, -0.1) is 11.3 Å². The van der Waals surface area contributed by atoms with E-state index in [0.29, 0.717) is 5.56 Å². The Morgan fingerprint density at radius 3 is 2.72 bits per heavy atom. The summed E-state index contributed by atoms with van der Waals surface area (Å²) in [6, 6.07) is 11.6. The Labute approximate surface area is 110 Å². The maximum Gasteiger partial charge on any atom is 0.339 e. The Bertz CT molecular complexity index is 522. The number of thiophene rings is 1. The third-order valence-corrected chi connectivity index (χ3v) is 3.73. The molecule has 0 aliphatic rings. The van der Waals surface area contributed by atoms with Crippen LogP contribution < -0.4 is 5.32 Å². The fourth-order valence-electron chi connectivity index (χ4n) is 1.74. The van der Waals surface area contributed by atoms with Crippen LogP contribution in [0.25, 0.3) is 0 Å². The molecule has 0 aliphatic carbocycles. The van der Waals surface area contributed by atoms with Crippen molar-refractivity contribution < 1.29 is 9.53 Å². The topological polar surface area (TPSA) is 38.3 Å². The Hall–Kier alpha value is -1.81. The summed E-state index contributed by atoms with van der Waals surface area (Å²) < 4.78 is 4.77. The third-order valence-electron chi connectivity index (χ3n) is 2.67. The Balaban J connectivity index is 2.21. The van der Waals surface area contributed by atoms with E-state index < -0.39 is 0 Å². The van der Waals surface area contributed by atoms with Gasteiger partial charge < -0.3 is 10.1 Å². The monoisotopic (exact) mass is 261 g/mol. The van der Waals surface area contributed by atoms with Gasteiger partial charge >= 0.3 is 5.97 Å². The molecule has 94 valence electrons. The zero-order valence-corrected chi connectivity index (χ0v) is 11.2. The highest BCUT2D eigenvalue weighted by Gasteiger charge is 2.13. The van der Waals surface area contributed by atoms with Gasteiger partial charge in [-0.2, -0.15) is 0 Å². The lowest BCUT2D eigenvalue weighted by Crippen LogP contribution is -2.10. The van der Waals surface area contributed by atoms with E-state index in [4.69, 9.17) is 4.74 Å². The van der Waals surface area contributed by atoms with E-state index in [0.717, 1.165) is 5.69 Å². The van der Waals surface area contributed by atoms with Crippen LogP contribution in [-0.4, -0.2) is 13.1 Å². The van der Waals surface area contributed by atoms with Gasteiger partial charge in [0.05, 0.1) is 18.7 Å². The number of carbonyl (C=O) groups excluding carboxylic acids is 1. The van der Waals surface area contributed by atoms with E-state index in [1.807, 2.05) is 29.6 Å². The van der Waals surface area contributed by atoms with Crippen LogP contribution in [0.1, 0.15) is 28.2 Å². The lowest BCUT2D eigenvalue weighted by Gasteiger charge is -2.16. The molecule has 0 bridgehead atoms. The number of carbonyl (C=O) groups is 1. The van der Waals surface area contributed by atoms with Crippen LogP contribution in [0.3, 0.4) is 0 Å². The maximum absolute atomic E-state index is 11.6. The van der Waals surface area contributed by atoms with Crippen molar-refractivity contribution in [2.45, 2.75) is 13.0 Å². The summed E-state index contributed by atoms with van der Waals surface area (Å²) in [6.07, 6.45) is 0. The standard InChI is InChI=1S/C14H15NO2S/c1-10(13-8-5-9-18-13)15-12-7-4-3-6-11(12)14(16)17-2/h3-10,15H,1-2H3. The molecule has 1 N–H and O–H groups in total. The second kappa shape index (κ2) is 5.69. The third kappa shape index (κ3) is 2.71. The largest absolute Gasteiger partial charge is 0.465 e. The first-order valence-electron chi connectivity index (χ1n) is 5.69. The molecule has 2 aromatic rings. The van der Waals surface area contributed by atoms with Crippen molar-refractivity contribution in [3.8, 4) is 0 Å². The second-order valence-electron chi connectivity index (χ2n) is 3.92. The lowest BCUT2D eigenvalue weighted by atomic mass is 10.1. The predicted octanol–water partition coefficient (Wildman–Crippen LogP) is 3.71. The van der Waals surface area contributed by atoms with Crippen molar-refractivity contribution in [1.82, 2.24) is 0 Å². The number of esters is 1. The molecular formula is C14H15NO2S. The molecule has 0 radical (unpaired) electrons. The highest BCUT2D eigenvalue weighted by Crippen LogP contribution is 2.25. The van der Waals surface area contributed by atoms with Crippen LogP contribution in [0.2, 0.25) is 0 Å². The van der Waals surface area contributed by atoms with Gasteiger partial charge in [-0.05, 0) is 30.5 Å². The van der Waals surface area contributed by atoms with Gasteiger partial charge in [0.1, 0.15) is 0 Å². The molecule has 1 heterocycles. The molecule has 0 fully saturated rings. The molecule has 1 unspecified atom stereocenters. The summed E-state index contributed by atoms with van der Waals surface area (Å²) in [7, 11) is 1.39. The van der Waals surface area contributed by atoms with Crippen LogP contribution in [0.4, 0.5) is 5.69 Å². The summed E-state index contributed by atoms with van der Waals surface area (Å²) in [5.74, 6) is -0.323. The van der Waals surface area contributed by atoms with Crippen LogP contribution in [0.15, 0.2) is 41.8 Å². The predicted molar refractivity (Wildman–Crippen MR) is 74.1 cm³/mol. The number of rotatable bonds is 4. The fraction of sp³-hybridized carbons (Fsp3) is 0.214. The van der Waals surface area contributed by atoms with E-state index in [9.17, 15) is 4.79 Å². The van der Waals surface area contributed by atoms with Gasteiger partial charge in [-0.3, -0.25) is 0 Å². The van der Waals surface area contributed by atoms with Crippen LogP contribution >= 0.6 is 11.3 Å². The van der Waals surface area contributed by atoms with E-state index in [1.165, 1.54) is 12.0 Å². The van der Waals surface area contributed by atoms with E-state index >= 15 is 0 Å². The lowest BCUT2D eigenvalue weighted by molar-refractivity contribution is 0.0602. The molecular weight excluding hydrogens is 246 g/mol. The maximum atomic E-state index is 11.6. The van der Waals surface area contributed by atoms with Gasteiger partial charge in [0.15, 0.2) is 0 Å². The van der Waals surface area contributed by atoms with Crippen LogP contribution in [0.5, 0.6) is 0 Å². The summed E-state index contributed by atoms with van der Waals surface area (Å²) in [4.78, 5) is 12.9. The van der Waals surface area contributed by atoms with E-state index in [1.54, 1.807) is 17.4 Å². The highest BCUT2D eigenvalue weighted by molar-refractivity contribution is 7.10. The van der Waals surface area contributed by atoms with Gasteiger partial charge in [0, 0.05) is 10.6 Å². The first kappa shape index (κ1) is 12.6. The number of methoxy groups -OCH3 is 1. The van der Waals surface area contributed by atoms with Crippen LogP contribution in [0, 0.1) is 0 Å². The first-order chi connectivity index (χ1) is 8.72. The molecule has 0 aliphatic heterocycles. The molecule has 3 nitrogen and oxygen atoms in total. The Morgan fingerprint density at radius 2 is 2.06 bits per heavy atom. The molecule has 2 rings (SSSR count). The highest BCUT2D eigenvalue weighted by atomic mass is 32.1. The molecule has 18 heavy (non-hydrogen) atoms. The molecule has 0 saturated heterocycles. The van der Waals surface area contributed by atoms with Crippen molar-refractivity contribution in [1.29, 1.82) is 0 Å². The smallest absolute Gasteiger partial charge is 0.339 e. The minimum atomic E-state index is -0.323. The quantitative estimate of drug-likeness (QED) is 0.853.